The van der Waals surface area contributed by atoms with Gasteiger partial charge in [0.25, 0.3) is 0 Å². The highest BCUT2D eigenvalue weighted by Gasteiger charge is 2.12. The summed E-state index contributed by atoms with van der Waals surface area (Å²) in [6, 6.07) is 4.14. The molecule has 2 N–H and O–H groups in total. The van der Waals surface area contributed by atoms with E-state index in [2.05, 4.69) is 35.9 Å². The lowest BCUT2D eigenvalue weighted by molar-refractivity contribution is 0.501. The molecule has 1 aromatic rings. The number of aromatic nitrogens is 2. The first-order chi connectivity index (χ1) is 7.00. The third-order valence-electron chi connectivity index (χ3n) is 2.51. The molecule has 4 heteroatoms. The zero-order valence-electron chi connectivity index (χ0n) is 9.94. The summed E-state index contributed by atoms with van der Waals surface area (Å²) in [5.74, 6) is 2.02. The average molecular weight is 208 g/mol. The van der Waals surface area contributed by atoms with E-state index in [-0.39, 0.29) is 0 Å². The van der Waals surface area contributed by atoms with Crippen LogP contribution in [0.5, 0.6) is 0 Å². The lowest BCUT2D eigenvalue weighted by atomic mass is 10.0. The molecule has 15 heavy (non-hydrogen) atoms. The van der Waals surface area contributed by atoms with Gasteiger partial charge in [-0.15, -0.1) is 10.2 Å². The number of rotatable bonds is 4. The van der Waals surface area contributed by atoms with Crippen molar-refractivity contribution in [2.75, 3.05) is 17.7 Å². The first-order valence-corrected chi connectivity index (χ1v) is 5.32. The maximum absolute atomic E-state index is 5.49. The molecule has 1 unspecified atom stereocenters. The van der Waals surface area contributed by atoms with Crippen molar-refractivity contribution in [3.8, 4) is 0 Å². The molecule has 0 fully saturated rings. The van der Waals surface area contributed by atoms with Gasteiger partial charge in [-0.25, -0.2) is 0 Å². The molecule has 1 heterocycles. The van der Waals surface area contributed by atoms with E-state index in [9.17, 15) is 0 Å². The van der Waals surface area contributed by atoms with Crippen molar-refractivity contribution in [2.45, 2.75) is 33.2 Å². The Morgan fingerprint density at radius 1 is 1.27 bits per heavy atom. The van der Waals surface area contributed by atoms with Crippen molar-refractivity contribution in [2.24, 2.45) is 5.92 Å². The molecule has 1 atom stereocenters. The van der Waals surface area contributed by atoms with Crippen molar-refractivity contribution < 1.29 is 0 Å². The Morgan fingerprint density at radius 3 is 2.40 bits per heavy atom. The van der Waals surface area contributed by atoms with Gasteiger partial charge in [-0.3, -0.25) is 0 Å². The number of nitrogens with zero attached hydrogens (tertiary/aromatic N) is 3. The van der Waals surface area contributed by atoms with Crippen molar-refractivity contribution in [1.29, 1.82) is 0 Å². The van der Waals surface area contributed by atoms with Crippen LogP contribution in [0, 0.1) is 5.92 Å². The van der Waals surface area contributed by atoms with Gasteiger partial charge < -0.3 is 10.6 Å². The number of hydrogen-bond donors (Lipinski definition) is 1. The lowest BCUT2D eigenvalue weighted by Crippen LogP contribution is -2.30. The molecule has 0 bridgehead atoms. The SMILES string of the molecule is CC(C)CC(C)N(C)c1ccc(N)nn1. The van der Waals surface area contributed by atoms with Gasteiger partial charge in [-0.05, 0) is 31.4 Å². The zero-order chi connectivity index (χ0) is 11.4. The summed E-state index contributed by atoms with van der Waals surface area (Å²) in [5.41, 5.74) is 5.49. The second-order valence-corrected chi connectivity index (χ2v) is 4.41. The third-order valence-corrected chi connectivity index (χ3v) is 2.51. The molecule has 1 rings (SSSR count). The monoisotopic (exact) mass is 208 g/mol. The summed E-state index contributed by atoms with van der Waals surface area (Å²) >= 11 is 0. The Labute approximate surface area is 91.5 Å². The van der Waals surface area contributed by atoms with E-state index < -0.39 is 0 Å². The molecule has 0 aromatic carbocycles. The van der Waals surface area contributed by atoms with Crippen LogP contribution in [0.25, 0.3) is 0 Å². The van der Waals surface area contributed by atoms with Gasteiger partial charge in [0.1, 0.15) is 5.82 Å². The standard InChI is InChI=1S/C11H20N4/c1-8(2)7-9(3)15(4)11-6-5-10(12)13-14-11/h5-6,8-9H,7H2,1-4H3,(H2,12,13). The predicted molar refractivity (Wildman–Crippen MR) is 63.8 cm³/mol. The number of hydrogen-bond acceptors (Lipinski definition) is 4. The molecular formula is C11H20N4. The largest absolute Gasteiger partial charge is 0.382 e. The highest BCUT2D eigenvalue weighted by Crippen LogP contribution is 2.16. The van der Waals surface area contributed by atoms with Gasteiger partial charge in [0.05, 0.1) is 0 Å². The van der Waals surface area contributed by atoms with Gasteiger partial charge >= 0.3 is 0 Å². The second-order valence-electron chi connectivity index (χ2n) is 4.41. The average Bonchev–Trinajstić information content (AvgIpc) is 2.17. The van der Waals surface area contributed by atoms with Gasteiger partial charge in [0.2, 0.25) is 0 Å². The van der Waals surface area contributed by atoms with Crippen molar-refractivity contribution >= 4 is 11.6 Å². The third kappa shape index (κ3) is 3.38. The molecule has 0 aliphatic rings. The molecular weight excluding hydrogens is 188 g/mol. The minimum atomic E-state index is 0.461. The van der Waals surface area contributed by atoms with Crippen LogP contribution in [0.3, 0.4) is 0 Å². The quantitative estimate of drug-likeness (QED) is 0.821. The summed E-state index contributed by atoms with van der Waals surface area (Å²) in [6.45, 7) is 6.63. The van der Waals surface area contributed by atoms with E-state index >= 15 is 0 Å². The Kier molecular flexibility index (Phi) is 3.88. The van der Waals surface area contributed by atoms with E-state index in [0.29, 0.717) is 17.8 Å². The van der Waals surface area contributed by atoms with E-state index in [4.69, 9.17) is 5.73 Å². The Morgan fingerprint density at radius 2 is 1.93 bits per heavy atom. The normalized spacial score (nSPS) is 12.9. The highest BCUT2D eigenvalue weighted by atomic mass is 15.3. The summed E-state index contributed by atoms with van der Waals surface area (Å²) in [6.07, 6.45) is 1.14. The summed E-state index contributed by atoms with van der Waals surface area (Å²) in [4.78, 5) is 2.13. The maximum Gasteiger partial charge on any atom is 0.151 e. The van der Waals surface area contributed by atoms with Crippen LogP contribution in [0.15, 0.2) is 12.1 Å². The van der Waals surface area contributed by atoms with Crippen molar-refractivity contribution in [3.05, 3.63) is 12.1 Å². The van der Waals surface area contributed by atoms with Crippen LogP contribution in [-0.2, 0) is 0 Å². The summed E-state index contributed by atoms with van der Waals surface area (Å²) in [7, 11) is 2.03. The van der Waals surface area contributed by atoms with Crippen molar-refractivity contribution in [3.63, 3.8) is 0 Å². The first kappa shape index (κ1) is 11.8. The fourth-order valence-corrected chi connectivity index (χ4v) is 1.59. The predicted octanol–water partition coefficient (Wildman–Crippen LogP) is 1.93. The second kappa shape index (κ2) is 4.96. The first-order valence-electron chi connectivity index (χ1n) is 5.32. The Bertz CT molecular complexity index is 294. The minimum absolute atomic E-state index is 0.461. The Balaban J connectivity index is 2.67. The fraction of sp³-hybridized carbons (Fsp3) is 0.636. The van der Waals surface area contributed by atoms with Gasteiger partial charge in [-0.1, -0.05) is 13.8 Å². The van der Waals surface area contributed by atoms with Crippen LogP contribution in [0.1, 0.15) is 27.2 Å². The molecule has 0 radical (unpaired) electrons. The zero-order valence-corrected chi connectivity index (χ0v) is 9.94. The van der Waals surface area contributed by atoms with Crippen LogP contribution >= 0.6 is 0 Å². The lowest BCUT2D eigenvalue weighted by Gasteiger charge is -2.26. The number of nitrogen functional groups attached to an aromatic ring is 1. The topological polar surface area (TPSA) is 55.0 Å². The molecule has 0 amide bonds. The Hall–Kier alpha value is -1.32. The van der Waals surface area contributed by atoms with Gasteiger partial charge in [0.15, 0.2) is 5.82 Å². The van der Waals surface area contributed by atoms with Crippen LogP contribution in [-0.4, -0.2) is 23.3 Å². The molecule has 0 saturated heterocycles. The van der Waals surface area contributed by atoms with Crippen LogP contribution in [0.2, 0.25) is 0 Å². The minimum Gasteiger partial charge on any atom is -0.382 e. The molecule has 1 aromatic heterocycles. The van der Waals surface area contributed by atoms with E-state index in [1.54, 1.807) is 6.07 Å². The van der Waals surface area contributed by atoms with Gasteiger partial charge in [0, 0.05) is 13.1 Å². The summed E-state index contributed by atoms with van der Waals surface area (Å²) in [5, 5.41) is 7.91. The van der Waals surface area contributed by atoms with Gasteiger partial charge in [-0.2, -0.15) is 0 Å². The molecule has 0 aliphatic heterocycles. The molecule has 0 saturated carbocycles. The van der Waals surface area contributed by atoms with Crippen LogP contribution < -0.4 is 10.6 Å². The molecule has 4 nitrogen and oxygen atoms in total. The number of anilines is 2. The van der Waals surface area contributed by atoms with E-state index in [1.807, 2.05) is 13.1 Å². The molecule has 0 spiro atoms. The smallest absolute Gasteiger partial charge is 0.151 e. The fourth-order valence-electron chi connectivity index (χ4n) is 1.59. The maximum atomic E-state index is 5.49. The number of nitrogens with two attached hydrogens (primary N) is 1. The molecule has 0 aliphatic carbocycles. The summed E-state index contributed by atoms with van der Waals surface area (Å²) < 4.78 is 0. The van der Waals surface area contributed by atoms with Crippen molar-refractivity contribution in [1.82, 2.24) is 10.2 Å². The molecule has 84 valence electrons. The highest BCUT2D eigenvalue weighted by molar-refractivity contribution is 5.41. The van der Waals surface area contributed by atoms with E-state index in [1.165, 1.54) is 0 Å². The van der Waals surface area contributed by atoms with Crippen LogP contribution in [0.4, 0.5) is 11.6 Å². The van der Waals surface area contributed by atoms with E-state index in [0.717, 1.165) is 12.2 Å².